The average Bonchev–Trinajstić information content (AvgIpc) is 2.76. The summed E-state index contributed by atoms with van der Waals surface area (Å²) < 4.78 is 24.0. The molecule has 4 rings (SSSR count). The van der Waals surface area contributed by atoms with Crippen LogP contribution in [0.2, 0.25) is 0 Å². The van der Waals surface area contributed by atoms with Gasteiger partial charge in [0.25, 0.3) is 5.91 Å². The Morgan fingerprint density at radius 1 is 1.03 bits per heavy atom. The molecular weight excluding hydrogens is 417 g/mol. The van der Waals surface area contributed by atoms with Crippen LogP contribution in [-0.4, -0.2) is 17.0 Å². The Morgan fingerprint density at radius 2 is 1.78 bits per heavy atom. The Hall–Kier alpha value is -4.46. The molecule has 0 spiro atoms. The van der Waals surface area contributed by atoms with Gasteiger partial charge in [-0.2, -0.15) is 0 Å². The number of benzene rings is 3. The monoisotopic (exact) mass is 433 g/mol. The van der Waals surface area contributed by atoms with Crippen molar-refractivity contribution in [3.8, 4) is 11.5 Å². The highest BCUT2D eigenvalue weighted by Gasteiger charge is 2.23. The summed E-state index contributed by atoms with van der Waals surface area (Å²) in [7, 11) is 0. The Bertz CT molecular complexity index is 1410. The van der Waals surface area contributed by atoms with Crippen LogP contribution in [0, 0.1) is 12.7 Å². The molecule has 0 radical (unpaired) electrons. The molecule has 0 aliphatic carbocycles. The van der Waals surface area contributed by atoms with Crippen LogP contribution in [0.1, 0.15) is 26.3 Å². The van der Waals surface area contributed by atoms with Crippen molar-refractivity contribution in [2.75, 3.05) is 5.32 Å². The van der Waals surface area contributed by atoms with Crippen LogP contribution < -0.4 is 15.7 Å². The van der Waals surface area contributed by atoms with Crippen LogP contribution in [0.3, 0.4) is 0 Å². The molecule has 32 heavy (non-hydrogen) atoms. The fourth-order valence-electron chi connectivity index (χ4n) is 3.17. The molecule has 0 saturated heterocycles. The summed E-state index contributed by atoms with van der Waals surface area (Å²) in [5, 5.41) is 13.0. The van der Waals surface area contributed by atoms with Crippen molar-refractivity contribution in [3.05, 3.63) is 99.7 Å². The van der Waals surface area contributed by atoms with Crippen molar-refractivity contribution in [1.82, 2.24) is 0 Å². The van der Waals surface area contributed by atoms with E-state index in [1.807, 2.05) is 0 Å². The van der Waals surface area contributed by atoms with Gasteiger partial charge >= 0.3 is 11.6 Å². The molecule has 1 amide bonds. The molecule has 8 heteroatoms. The van der Waals surface area contributed by atoms with Crippen molar-refractivity contribution in [3.63, 3.8) is 0 Å². The predicted octanol–water partition coefficient (Wildman–Crippen LogP) is 4.42. The molecule has 0 aliphatic heterocycles. The largest absolute Gasteiger partial charge is 0.506 e. The summed E-state index contributed by atoms with van der Waals surface area (Å²) in [5.41, 5.74) is -1.04. The number of hydrogen-bond donors (Lipinski definition) is 2. The molecule has 0 aliphatic rings. The lowest BCUT2D eigenvalue weighted by Crippen LogP contribution is -2.21. The maximum Gasteiger partial charge on any atom is 0.353 e. The van der Waals surface area contributed by atoms with Gasteiger partial charge in [0.1, 0.15) is 22.9 Å². The molecule has 2 N–H and O–H groups in total. The van der Waals surface area contributed by atoms with E-state index in [0.717, 1.165) is 6.07 Å². The first-order valence-electron chi connectivity index (χ1n) is 9.48. The van der Waals surface area contributed by atoms with E-state index in [1.54, 1.807) is 37.3 Å². The van der Waals surface area contributed by atoms with Gasteiger partial charge in [0.2, 0.25) is 0 Å². The van der Waals surface area contributed by atoms with E-state index in [-0.39, 0.29) is 28.0 Å². The molecule has 1 heterocycles. The second kappa shape index (κ2) is 8.35. The van der Waals surface area contributed by atoms with Gasteiger partial charge in [-0.3, -0.25) is 4.79 Å². The number of esters is 1. The Labute approximate surface area is 180 Å². The number of aromatic hydroxyl groups is 1. The maximum atomic E-state index is 13.4. The van der Waals surface area contributed by atoms with Crippen LogP contribution in [0.5, 0.6) is 11.5 Å². The number of carbonyl (C=O) groups excluding carboxylic acids is 2. The minimum Gasteiger partial charge on any atom is -0.506 e. The Kier molecular flexibility index (Phi) is 5.43. The van der Waals surface area contributed by atoms with Gasteiger partial charge in [-0.15, -0.1) is 0 Å². The zero-order chi connectivity index (χ0) is 22.8. The number of anilines is 1. The minimum absolute atomic E-state index is 0.0341. The molecule has 0 bridgehead atoms. The van der Waals surface area contributed by atoms with Crippen LogP contribution in [0.25, 0.3) is 11.0 Å². The number of carbonyl (C=O) groups is 2. The molecule has 1 aromatic heterocycles. The van der Waals surface area contributed by atoms with Crippen molar-refractivity contribution in [1.29, 1.82) is 0 Å². The summed E-state index contributed by atoms with van der Waals surface area (Å²) in [6.07, 6.45) is 0. The van der Waals surface area contributed by atoms with Gasteiger partial charge in [-0.05, 0) is 49.4 Å². The predicted molar refractivity (Wildman–Crippen MR) is 115 cm³/mol. The number of fused-ring (bicyclic) bond motifs is 1. The van der Waals surface area contributed by atoms with Gasteiger partial charge in [-0.1, -0.05) is 24.3 Å². The number of nitrogens with one attached hydrogen (secondary N) is 1. The number of amides is 1. The lowest BCUT2D eigenvalue weighted by molar-refractivity contribution is 0.0733. The zero-order valence-electron chi connectivity index (χ0n) is 16.7. The second-order valence-electron chi connectivity index (χ2n) is 6.90. The first-order valence-corrected chi connectivity index (χ1v) is 9.48. The van der Waals surface area contributed by atoms with Gasteiger partial charge < -0.3 is 19.6 Å². The van der Waals surface area contributed by atoms with Gasteiger partial charge in [0.15, 0.2) is 5.56 Å². The van der Waals surface area contributed by atoms with E-state index >= 15 is 0 Å². The number of ether oxygens (including phenoxy) is 1. The van der Waals surface area contributed by atoms with Gasteiger partial charge in [0.05, 0.1) is 10.9 Å². The van der Waals surface area contributed by atoms with E-state index in [0.29, 0.717) is 5.56 Å². The molecule has 0 unspecified atom stereocenters. The Morgan fingerprint density at radius 3 is 2.50 bits per heavy atom. The first kappa shape index (κ1) is 20.8. The van der Waals surface area contributed by atoms with Crippen molar-refractivity contribution in [2.45, 2.75) is 6.92 Å². The summed E-state index contributed by atoms with van der Waals surface area (Å²) in [6, 6.07) is 16.2. The highest BCUT2D eigenvalue weighted by atomic mass is 19.1. The van der Waals surface area contributed by atoms with Crippen LogP contribution in [0.4, 0.5) is 10.1 Å². The first-order chi connectivity index (χ1) is 15.3. The third kappa shape index (κ3) is 3.93. The van der Waals surface area contributed by atoms with E-state index in [9.17, 15) is 23.9 Å². The summed E-state index contributed by atoms with van der Waals surface area (Å²) in [6.45, 7) is 1.55. The molecular formula is C24H16FNO6. The third-order valence-electron chi connectivity index (χ3n) is 4.77. The van der Waals surface area contributed by atoms with Gasteiger partial charge in [-0.25, -0.2) is 14.0 Å². The van der Waals surface area contributed by atoms with E-state index < -0.39 is 34.6 Å². The average molecular weight is 433 g/mol. The number of rotatable bonds is 4. The molecule has 3 aromatic carbocycles. The number of halogens is 1. The number of hydrogen-bond acceptors (Lipinski definition) is 6. The lowest BCUT2D eigenvalue weighted by Gasteiger charge is -2.12. The minimum atomic E-state index is -1.10. The summed E-state index contributed by atoms with van der Waals surface area (Å²) in [5.74, 6) is -2.61. The lowest BCUT2D eigenvalue weighted by atomic mass is 10.1. The molecule has 0 saturated carbocycles. The van der Waals surface area contributed by atoms with E-state index in [2.05, 4.69) is 5.32 Å². The normalized spacial score (nSPS) is 10.7. The second-order valence-corrected chi connectivity index (χ2v) is 6.90. The van der Waals surface area contributed by atoms with Crippen molar-refractivity contribution < 1.29 is 28.2 Å². The summed E-state index contributed by atoms with van der Waals surface area (Å²) >= 11 is 0. The highest BCUT2D eigenvalue weighted by Crippen LogP contribution is 2.33. The fourth-order valence-corrected chi connectivity index (χ4v) is 3.17. The van der Waals surface area contributed by atoms with E-state index in [1.165, 1.54) is 30.3 Å². The topological polar surface area (TPSA) is 106 Å². The standard InChI is InChI=1S/C24H16FNO6/c1-13-18(31-23(29)14-6-3-2-4-7-14)11-10-17-20(27)19(24(30)32-21(13)17)22(28)26-16-9-5-8-15(25)12-16/h2-12,27H,1H3,(H,26,28). The number of aryl methyl sites for hydroxylation is 1. The van der Waals surface area contributed by atoms with Crippen molar-refractivity contribution in [2.24, 2.45) is 0 Å². The highest BCUT2D eigenvalue weighted by molar-refractivity contribution is 6.09. The summed E-state index contributed by atoms with van der Waals surface area (Å²) in [4.78, 5) is 37.4. The zero-order valence-corrected chi connectivity index (χ0v) is 16.7. The Balaban J connectivity index is 1.70. The molecule has 0 atom stereocenters. The third-order valence-corrected chi connectivity index (χ3v) is 4.77. The smallest absolute Gasteiger partial charge is 0.353 e. The SMILES string of the molecule is Cc1c(OC(=O)c2ccccc2)ccc2c(O)c(C(=O)Nc3cccc(F)c3)c(=O)oc12. The molecule has 4 aromatic rings. The van der Waals surface area contributed by atoms with Crippen LogP contribution >= 0.6 is 0 Å². The molecule has 160 valence electrons. The van der Waals surface area contributed by atoms with Crippen LogP contribution in [-0.2, 0) is 0 Å². The fraction of sp³-hybridized carbons (Fsp3) is 0.0417. The van der Waals surface area contributed by atoms with E-state index in [4.69, 9.17) is 9.15 Å². The molecule has 0 fully saturated rings. The van der Waals surface area contributed by atoms with Crippen molar-refractivity contribution >= 4 is 28.5 Å². The van der Waals surface area contributed by atoms with Gasteiger partial charge in [0, 0.05) is 11.3 Å². The quantitative estimate of drug-likeness (QED) is 0.280. The maximum absolute atomic E-state index is 13.4. The molecule has 7 nitrogen and oxygen atoms in total. The van der Waals surface area contributed by atoms with Crippen LogP contribution in [0.15, 0.2) is 75.9 Å².